The van der Waals surface area contributed by atoms with Crippen LogP contribution < -0.4 is 10.6 Å². The number of amides is 1. The summed E-state index contributed by atoms with van der Waals surface area (Å²) in [7, 11) is 0. The molecule has 1 aliphatic rings. The normalized spacial score (nSPS) is 21.6. The lowest BCUT2D eigenvalue weighted by molar-refractivity contribution is -0.123. The highest BCUT2D eigenvalue weighted by Gasteiger charge is 2.23. The molecule has 0 aliphatic carbocycles. The van der Waals surface area contributed by atoms with Gasteiger partial charge in [-0.25, -0.2) is 0 Å². The van der Waals surface area contributed by atoms with E-state index in [0.717, 1.165) is 16.0 Å². The molecular formula is C13H15BrN6OS. The van der Waals surface area contributed by atoms with Crippen LogP contribution in [0.5, 0.6) is 0 Å². The van der Waals surface area contributed by atoms with Crippen LogP contribution in [0.15, 0.2) is 28.7 Å². The van der Waals surface area contributed by atoms with Gasteiger partial charge in [0.2, 0.25) is 5.91 Å². The molecule has 2 aromatic rings. The summed E-state index contributed by atoms with van der Waals surface area (Å²) < 4.78 is 2.71. The van der Waals surface area contributed by atoms with Crippen molar-refractivity contribution >= 4 is 33.6 Å². The van der Waals surface area contributed by atoms with Crippen LogP contribution in [0.4, 0.5) is 0 Å². The summed E-state index contributed by atoms with van der Waals surface area (Å²) in [6.45, 7) is 2.00. The van der Waals surface area contributed by atoms with Crippen LogP contribution >= 0.6 is 27.7 Å². The molecule has 2 atom stereocenters. The van der Waals surface area contributed by atoms with Crippen molar-refractivity contribution in [1.29, 1.82) is 0 Å². The molecule has 116 valence electrons. The minimum absolute atomic E-state index is 0.0660. The zero-order chi connectivity index (χ0) is 15.5. The van der Waals surface area contributed by atoms with Crippen LogP contribution in [0.3, 0.4) is 0 Å². The van der Waals surface area contributed by atoms with Gasteiger partial charge < -0.3 is 5.32 Å². The Morgan fingerprint density at radius 2 is 2.18 bits per heavy atom. The minimum atomic E-state index is -0.119. The summed E-state index contributed by atoms with van der Waals surface area (Å²) in [6.07, 6.45) is 0.508. The van der Waals surface area contributed by atoms with Crippen molar-refractivity contribution in [2.24, 2.45) is 0 Å². The van der Waals surface area contributed by atoms with Gasteiger partial charge in [-0.1, -0.05) is 15.9 Å². The third kappa shape index (κ3) is 3.65. The van der Waals surface area contributed by atoms with Crippen molar-refractivity contribution in [3.63, 3.8) is 0 Å². The highest BCUT2D eigenvalue weighted by molar-refractivity contribution is 9.10. The number of nitrogens with one attached hydrogen (secondary N) is 2. The molecule has 2 heterocycles. The summed E-state index contributed by atoms with van der Waals surface area (Å²) in [5, 5.41) is 18.1. The topological polar surface area (TPSA) is 84.7 Å². The Morgan fingerprint density at radius 3 is 2.91 bits per heavy atom. The lowest BCUT2D eigenvalue weighted by atomic mass is 10.2. The van der Waals surface area contributed by atoms with E-state index in [9.17, 15) is 4.79 Å². The monoisotopic (exact) mass is 382 g/mol. The number of rotatable bonds is 4. The fourth-order valence-corrected chi connectivity index (χ4v) is 3.47. The van der Waals surface area contributed by atoms with E-state index in [4.69, 9.17) is 0 Å². The van der Waals surface area contributed by atoms with Gasteiger partial charge >= 0.3 is 0 Å². The molecule has 2 N–H and O–H groups in total. The van der Waals surface area contributed by atoms with Crippen molar-refractivity contribution in [2.45, 2.75) is 30.6 Å². The quantitative estimate of drug-likeness (QED) is 0.831. The van der Waals surface area contributed by atoms with Gasteiger partial charge in [0.15, 0.2) is 5.82 Å². The number of hydrogen-bond acceptors (Lipinski definition) is 6. The Balaban J connectivity index is 1.68. The van der Waals surface area contributed by atoms with Crippen molar-refractivity contribution in [3.05, 3.63) is 34.6 Å². The van der Waals surface area contributed by atoms with Crippen LogP contribution in [-0.4, -0.2) is 37.7 Å². The van der Waals surface area contributed by atoms with Crippen LogP contribution in [0.1, 0.15) is 19.2 Å². The van der Waals surface area contributed by atoms with Gasteiger partial charge in [-0.05, 0) is 41.6 Å². The number of carbonyl (C=O) groups excluding carboxylic acids is 1. The number of aromatic nitrogens is 4. The van der Waals surface area contributed by atoms with E-state index < -0.39 is 0 Å². The maximum absolute atomic E-state index is 11.6. The van der Waals surface area contributed by atoms with Crippen LogP contribution in [0.2, 0.25) is 0 Å². The summed E-state index contributed by atoms with van der Waals surface area (Å²) in [5.74, 6) is 1.39. The van der Waals surface area contributed by atoms with E-state index >= 15 is 0 Å². The fraction of sp³-hybridized carbons (Fsp3) is 0.385. The first-order chi connectivity index (χ1) is 10.6. The zero-order valence-corrected chi connectivity index (χ0v) is 14.3. The molecule has 0 saturated carbocycles. The minimum Gasteiger partial charge on any atom is -0.332 e. The van der Waals surface area contributed by atoms with Gasteiger partial charge in [0.25, 0.3) is 0 Å². The van der Waals surface area contributed by atoms with Gasteiger partial charge in [0.05, 0.1) is 11.4 Å². The Morgan fingerprint density at radius 1 is 1.41 bits per heavy atom. The van der Waals surface area contributed by atoms with Crippen molar-refractivity contribution < 1.29 is 4.79 Å². The fourth-order valence-electron chi connectivity index (χ4n) is 2.17. The molecule has 0 spiro atoms. The molecule has 1 fully saturated rings. The lowest BCUT2D eigenvalue weighted by Gasteiger charge is -2.28. The summed E-state index contributed by atoms with van der Waals surface area (Å²) in [5.41, 5.74) is 0.782. The molecule has 1 aromatic carbocycles. The highest BCUT2D eigenvalue weighted by atomic mass is 79.9. The molecule has 0 radical (unpaired) electrons. The van der Waals surface area contributed by atoms with E-state index in [-0.39, 0.29) is 17.4 Å². The molecule has 9 heteroatoms. The van der Waals surface area contributed by atoms with E-state index in [1.165, 1.54) is 0 Å². The van der Waals surface area contributed by atoms with Crippen molar-refractivity contribution in [2.75, 3.05) is 0 Å². The molecule has 1 amide bonds. The second-order valence-corrected chi connectivity index (χ2v) is 7.02. The summed E-state index contributed by atoms with van der Waals surface area (Å²) in [4.78, 5) is 11.6. The van der Waals surface area contributed by atoms with E-state index in [1.807, 2.05) is 31.2 Å². The Bertz CT molecular complexity index is 661. The number of tetrazole rings is 1. The number of thioether (sulfide) groups is 1. The van der Waals surface area contributed by atoms with Crippen LogP contribution in [0, 0.1) is 0 Å². The zero-order valence-electron chi connectivity index (χ0n) is 11.9. The molecule has 1 aromatic heterocycles. The van der Waals surface area contributed by atoms with Crippen LogP contribution in [-0.2, 0) is 10.5 Å². The van der Waals surface area contributed by atoms with Gasteiger partial charge in [0, 0.05) is 16.9 Å². The van der Waals surface area contributed by atoms with E-state index in [2.05, 4.69) is 42.1 Å². The molecule has 2 unspecified atom stereocenters. The number of halogens is 1. The van der Waals surface area contributed by atoms with Gasteiger partial charge in [-0.15, -0.1) is 16.9 Å². The largest absolute Gasteiger partial charge is 0.332 e. The predicted molar refractivity (Wildman–Crippen MR) is 87.3 cm³/mol. The second kappa shape index (κ2) is 6.76. The van der Waals surface area contributed by atoms with Crippen molar-refractivity contribution in [1.82, 2.24) is 30.8 Å². The summed E-state index contributed by atoms with van der Waals surface area (Å²) >= 11 is 4.97. The molecule has 3 rings (SSSR count). The van der Waals surface area contributed by atoms with Gasteiger partial charge in [0.1, 0.15) is 5.50 Å². The highest BCUT2D eigenvalue weighted by Crippen LogP contribution is 2.19. The molecule has 0 bridgehead atoms. The molecular weight excluding hydrogens is 368 g/mol. The maximum atomic E-state index is 11.6. The van der Waals surface area contributed by atoms with E-state index in [0.29, 0.717) is 12.2 Å². The molecule has 1 aliphatic heterocycles. The van der Waals surface area contributed by atoms with Gasteiger partial charge in [-0.3, -0.25) is 10.1 Å². The summed E-state index contributed by atoms with van der Waals surface area (Å²) in [6, 6.07) is 7.94. The smallest absolute Gasteiger partial charge is 0.223 e. The molecule has 7 nitrogen and oxygen atoms in total. The maximum Gasteiger partial charge on any atom is 0.223 e. The molecule has 22 heavy (non-hydrogen) atoms. The third-order valence-corrected chi connectivity index (χ3v) is 4.74. The Kier molecular flexibility index (Phi) is 4.74. The average molecular weight is 383 g/mol. The number of carbonyl (C=O) groups is 1. The number of nitrogens with zero attached hydrogens (tertiary/aromatic N) is 4. The second-order valence-electron chi connectivity index (χ2n) is 5.01. The first-order valence-corrected chi connectivity index (χ1v) is 8.66. The standard InChI is InChI=1S/C13H15BrN6OS/c1-8-6-12(21)16-13(15-8)22-7-11-17-18-19-20(11)10-4-2-9(14)3-5-10/h2-5,8,13,15H,6-7H2,1H3,(H,16,21). The first kappa shape index (κ1) is 15.4. The third-order valence-electron chi connectivity index (χ3n) is 3.20. The van der Waals surface area contributed by atoms with Crippen molar-refractivity contribution in [3.8, 4) is 5.69 Å². The first-order valence-electron chi connectivity index (χ1n) is 6.82. The molecule has 1 saturated heterocycles. The Hall–Kier alpha value is -1.45. The SMILES string of the molecule is CC1CC(=O)NC(SCc2nnnn2-c2ccc(Br)cc2)N1. The number of hydrogen-bond donors (Lipinski definition) is 2. The van der Waals surface area contributed by atoms with Crippen LogP contribution in [0.25, 0.3) is 5.69 Å². The lowest BCUT2D eigenvalue weighted by Crippen LogP contribution is -2.53. The van der Waals surface area contributed by atoms with Gasteiger partial charge in [-0.2, -0.15) is 4.68 Å². The Labute approximate surface area is 140 Å². The predicted octanol–water partition coefficient (Wildman–Crippen LogP) is 1.44. The number of benzene rings is 1. The average Bonchev–Trinajstić information content (AvgIpc) is 2.93. The van der Waals surface area contributed by atoms with E-state index in [1.54, 1.807) is 16.4 Å².